The number of allylic oxidation sites excluding steroid dienone is 1. The van der Waals surface area contributed by atoms with E-state index < -0.39 is 10.2 Å². The summed E-state index contributed by atoms with van der Waals surface area (Å²) in [5.74, 6) is 1.66. The highest BCUT2D eigenvalue weighted by molar-refractivity contribution is 8.01. The molecular weight excluding hydrogens is 308 g/mol. The van der Waals surface area contributed by atoms with Gasteiger partial charge < -0.3 is 10.8 Å². The van der Waals surface area contributed by atoms with Crippen LogP contribution in [0.4, 0.5) is 0 Å². The second-order valence-electron chi connectivity index (χ2n) is 7.95. The van der Waals surface area contributed by atoms with E-state index in [1.807, 2.05) is 34.6 Å². The maximum atomic E-state index is 12.4. The quantitative estimate of drug-likeness (QED) is 0.431. The van der Waals surface area contributed by atoms with Crippen LogP contribution in [0.1, 0.15) is 68.1 Å². The normalized spacial score (nSPS) is 19.0. The van der Waals surface area contributed by atoms with Crippen molar-refractivity contribution in [1.29, 1.82) is 0 Å². The zero-order chi connectivity index (χ0) is 17.7. The van der Waals surface area contributed by atoms with Crippen molar-refractivity contribution in [3.8, 4) is 0 Å². The Morgan fingerprint density at radius 3 is 2.35 bits per heavy atom. The summed E-state index contributed by atoms with van der Waals surface area (Å²) in [4.78, 5) is 16.3. The van der Waals surface area contributed by atoms with Crippen LogP contribution in [0.25, 0.3) is 0 Å². The van der Waals surface area contributed by atoms with Crippen molar-refractivity contribution < 1.29 is 11.3 Å². The van der Waals surface area contributed by atoms with Crippen molar-refractivity contribution >= 4 is 23.5 Å². The predicted octanol–water partition coefficient (Wildman–Crippen LogP) is 4.70. The first kappa shape index (κ1) is 20.1. The van der Waals surface area contributed by atoms with Crippen molar-refractivity contribution in [1.82, 2.24) is 0 Å². The lowest BCUT2D eigenvalue weighted by Gasteiger charge is -2.26. The third-order valence-corrected chi connectivity index (χ3v) is 5.74. The molecule has 0 aromatic carbocycles. The smallest absolute Gasteiger partial charge is 0.263 e. The SMILES string of the molecule is CC(C)(SCC1CCCCC1)C(=O)N=C(N)/C=C(\O)C(C)(C)C.[HH]. The van der Waals surface area contributed by atoms with Gasteiger partial charge in [-0.25, -0.2) is 0 Å². The van der Waals surface area contributed by atoms with Gasteiger partial charge in [0.05, 0.1) is 4.75 Å². The average Bonchev–Trinajstić information content (AvgIpc) is 2.45. The van der Waals surface area contributed by atoms with Crippen LogP contribution in [-0.4, -0.2) is 27.3 Å². The lowest BCUT2D eigenvalue weighted by molar-refractivity contribution is -0.119. The summed E-state index contributed by atoms with van der Waals surface area (Å²) < 4.78 is -0.590. The molecule has 0 aromatic heterocycles. The fourth-order valence-corrected chi connectivity index (χ4v) is 3.54. The van der Waals surface area contributed by atoms with Crippen molar-refractivity contribution in [3.63, 3.8) is 0 Å². The summed E-state index contributed by atoms with van der Waals surface area (Å²) >= 11 is 1.66. The minimum absolute atomic E-state index is 0. The van der Waals surface area contributed by atoms with Crippen LogP contribution in [0.2, 0.25) is 0 Å². The molecule has 0 spiro atoms. The second kappa shape index (κ2) is 8.22. The molecule has 0 aromatic rings. The molecule has 3 N–H and O–H groups in total. The van der Waals surface area contributed by atoms with Gasteiger partial charge in [0.2, 0.25) is 0 Å². The van der Waals surface area contributed by atoms with Crippen LogP contribution in [-0.2, 0) is 4.79 Å². The third-order valence-electron chi connectivity index (χ3n) is 4.20. The van der Waals surface area contributed by atoms with E-state index in [-0.39, 0.29) is 18.9 Å². The molecule has 0 saturated heterocycles. The fraction of sp³-hybridized carbons (Fsp3) is 0.778. The Kier molecular flexibility index (Phi) is 7.18. The Bertz CT molecular complexity index is 476. The largest absolute Gasteiger partial charge is 0.512 e. The number of aliphatic hydroxyl groups is 1. The molecule has 0 atom stereocenters. The van der Waals surface area contributed by atoms with E-state index in [2.05, 4.69) is 4.99 Å². The lowest BCUT2D eigenvalue weighted by atomic mass is 9.91. The van der Waals surface area contributed by atoms with Gasteiger partial charge in [-0.1, -0.05) is 40.0 Å². The summed E-state index contributed by atoms with van der Waals surface area (Å²) in [7, 11) is 0. The molecule has 5 heteroatoms. The summed E-state index contributed by atoms with van der Waals surface area (Å²) in [6, 6.07) is 0. The molecule has 0 heterocycles. The summed E-state index contributed by atoms with van der Waals surface area (Å²) in [6.07, 6.45) is 7.87. The molecular formula is C18H34N2O2S. The van der Waals surface area contributed by atoms with Gasteiger partial charge in [0, 0.05) is 12.9 Å². The maximum Gasteiger partial charge on any atom is 0.263 e. The monoisotopic (exact) mass is 342 g/mol. The second-order valence-corrected chi connectivity index (χ2v) is 9.59. The standard InChI is InChI=1S/C18H32N2O2S.H2/c1-17(2,3)14(21)11-15(19)20-16(22)18(4,5)23-12-13-9-7-6-8-10-13;/h11,13,21H,6-10,12H2,1-5H3,(H2,19,20,22);1H/b14-11-;. The minimum atomic E-state index is -0.590. The Labute approximate surface area is 146 Å². The fourth-order valence-electron chi connectivity index (χ4n) is 2.38. The maximum absolute atomic E-state index is 12.4. The summed E-state index contributed by atoms with van der Waals surface area (Å²) in [5.41, 5.74) is 5.38. The van der Waals surface area contributed by atoms with Crippen LogP contribution < -0.4 is 5.73 Å². The Morgan fingerprint density at radius 1 is 1.26 bits per heavy atom. The number of carbonyl (C=O) groups excluding carboxylic acids is 1. The van der Waals surface area contributed by atoms with Gasteiger partial charge >= 0.3 is 0 Å². The summed E-state index contributed by atoms with van der Waals surface area (Å²) in [5, 5.41) is 9.93. The van der Waals surface area contributed by atoms with Crippen LogP contribution in [0.15, 0.2) is 16.8 Å². The first-order chi connectivity index (χ1) is 10.5. The number of nitrogens with two attached hydrogens (primary N) is 1. The van der Waals surface area contributed by atoms with Gasteiger partial charge in [0.15, 0.2) is 0 Å². The molecule has 1 rings (SSSR count). The van der Waals surface area contributed by atoms with E-state index in [1.165, 1.54) is 38.2 Å². The molecule has 1 aliphatic rings. The van der Waals surface area contributed by atoms with E-state index >= 15 is 0 Å². The van der Waals surface area contributed by atoms with E-state index in [4.69, 9.17) is 5.73 Å². The van der Waals surface area contributed by atoms with Crippen molar-refractivity contribution in [2.75, 3.05) is 5.75 Å². The molecule has 1 amide bonds. The lowest BCUT2D eigenvalue weighted by Crippen LogP contribution is -2.30. The van der Waals surface area contributed by atoms with Gasteiger partial charge in [0.1, 0.15) is 11.6 Å². The Balaban J connectivity index is 0.00000529. The van der Waals surface area contributed by atoms with Crippen LogP contribution in [0, 0.1) is 11.3 Å². The van der Waals surface area contributed by atoms with Crippen molar-refractivity contribution in [3.05, 3.63) is 11.8 Å². The van der Waals surface area contributed by atoms with Crippen LogP contribution in [0.5, 0.6) is 0 Å². The number of carbonyl (C=O) groups is 1. The highest BCUT2D eigenvalue weighted by Gasteiger charge is 2.29. The van der Waals surface area contributed by atoms with Crippen molar-refractivity contribution in [2.45, 2.75) is 71.5 Å². The average molecular weight is 343 g/mol. The molecule has 4 nitrogen and oxygen atoms in total. The molecule has 1 saturated carbocycles. The van der Waals surface area contributed by atoms with E-state index in [0.29, 0.717) is 5.92 Å². The van der Waals surface area contributed by atoms with E-state index in [1.54, 1.807) is 11.8 Å². The number of aliphatic hydroxyl groups excluding tert-OH is 1. The number of rotatable bonds is 5. The highest BCUT2D eigenvalue weighted by Crippen LogP contribution is 2.33. The molecule has 0 bridgehead atoms. The molecule has 0 unspecified atom stereocenters. The van der Waals surface area contributed by atoms with Crippen molar-refractivity contribution in [2.24, 2.45) is 22.1 Å². The molecule has 0 aliphatic heterocycles. The van der Waals surface area contributed by atoms with Crippen LogP contribution >= 0.6 is 11.8 Å². The molecule has 1 aliphatic carbocycles. The zero-order valence-corrected chi connectivity index (χ0v) is 16.0. The first-order valence-electron chi connectivity index (χ1n) is 8.46. The Morgan fingerprint density at radius 2 is 1.83 bits per heavy atom. The molecule has 134 valence electrons. The zero-order valence-electron chi connectivity index (χ0n) is 15.2. The van der Waals surface area contributed by atoms with Gasteiger partial charge in [-0.2, -0.15) is 4.99 Å². The highest BCUT2D eigenvalue weighted by atomic mass is 32.2. The van der Waals surface area contributed by atoms with Gasteiger partial charge in [0.25, 0.3) is 5.91 Å². The number of amidine groups is 1. The van der Waals surface area contributed by atoms with Gasteiger partial charge in [-0.3, -0.25) is 4.79 Å². The summed E-state index contributed by atoms with van der Waals surface area (Å²) in [6.45, 7) is 9.41. The Hall–Kier alpha value is -0.970. The first-order valence-corrected chi connectivity index (χ1v) is 9.44. The van der Waals surface area contributed by atoms with Gasteiger partial charge in [-0.05, 0) is 38.4 Å². The van der Waals surface area contributed by atoms with Crippen LogP contribution in [0.3, 0.4) is 0 Å². The topological polar surface area (TPSA) is 75.7 Å². The molecule has 0 radical (unpaired) electrons. The number of nitrogens with zero attached hydrogens (tertiary/aromatic N) is 1. The number of aliphatic imine (C=N–C) groups is 1. The minimum Gasteiger partial charge on any atom is -0.512 e. The van der Waals surface area contributed by atoms with E-state index in [9.17, 15) is 9.90 Å². The molecule has 23 heavy (non-hydrogen) atoms. The molecule has 1 fully saturated rings. The van der Waals surface area contributed by atoms with E-state index in [0.717, 1.165) is 5.75 Å². The number of hydrogen-bond acceptors (Lipinski definition) is 3. The van der Waals surface area contributed by atoms with Gasteiger partial charge in [-0.15, -0.1) is 11.8 Å². The third kappa shape index (κ3) is 6.98. The predicted molar refractivity (Wildman–Crippen MR) is 102 cm³/mol. The number of hydrogen-bond donors (Lipinski definition) is 2. The number of amides is 1. The number of thioether (sulfide) groups is 1.